The molecule has 2 rings (SSSR count). The number of nitro benzene ring substituents is 1. The number of halogens is 1. The van der Waals surface area contributed by atoms with Gasteiger partial charge in [-0.25, -0.2) is 0 Å². The quantitative estimate of drug-likeness (QED) is 0.637. The van der Waals surface area contributed by atoms with Crippen molar-refractivity contribution in [2.45, 2.75) is 45.6 Å². The molecule has 110 valence electrons. The van der Waals surface area contributed by atoms with Crippen molar-refractivity contribution in [1.29, 1.82) is 0 Å². The molecule has 20 heavy (non-hydrogen) atoms. The maximum atomic E-state index is 10.8. The fraction of sp³-hybridized carbons (Fsp3) is 0.600. The smallest absolute Gasteiger partial charge is 0.270 e. The molecule has 1 fully saturated rings. The Morgan fingerprint density at radius 2 is 2.00 bits per heavy atom. The van der Waals surface area contributed by atoms with Gasteiger partial charge in [-0.1, -0.05) is 42.1 Å². The molecule has 0 saturated heterocycles. The van der Waals surface area contributed by atoms with E-state index in [1.807, 2.05) is 6.07 Å². The lowest BCUT2D eigenvalue weighted by atomic mass is 9.76. The molecule has 0 unspecified atom stereocenters. The lowest BCUT2D eigenvalue weighted by Gasteiger charge is -2.33. The van der Waals surface area contributed by atoms with Crippen LogP contribution in [0.3, 0.4) is 0 Å². The van der Waals surface area contributed by atoms with Crippen molar-refractivity contribution in [3.63, 3.8) is 0 Å². The largest absolute Gasteiger partial charge is 0.312 e. The predicted molar refractivity (Wildman–Crippen MR) is 83.7 cm³/mol. The van der Waals surface area contributed by atoms with E-state index in [1.54, 1.807) is 6.07 Å². The summed E-state index contributed by atoms with van der Waals surface area (Å²) in [5.74, 6) is 0. The third-order valence-corrected chi connectivity index (χ3v) is 4.55. The maximum absolute atomic E-state index is 10.8. The van der Waals surface area contributed by atoms with Gasteiger partial charge in [0.1, 0.15) is 0 Å². The molecule has 0 aromatic heterocycles. The minimum atomic E-state index is -0.350. The van der Waals surface area contributed by atoms with Crippen LogP contribution in [0.15, 0.2) is 22.7 Å². The van der Waals surface area contributed by atoms with Crippen molar-refractivity contribution >= 4 is 21.6 Å². The van der Waals surface area contributed by atoms with Crippen molar-refractivity contribution in [2.75, 3.05) is 6.54 Å². The van der Waals surface area contributed by atoms with Crippen LogP contribution in [0.1, 0.15) is 44.6 Å². The second-order valence-electron chi connectivity index (χ2n) is 6.05. The maximum Gasteiger partial charge on any atom is 0.270 e. The minimum Gasteiger partial charge on any atom is -0.312 e. The SMILES string of the molecule is CC1(CNCc2cc(Br)cc([N+](=O)[O-])c2)CCCCC1. The highest BCUT2D eigenvalue weighted by molar-refractivity contribution is 9.10. The zero-order valence-electron chi connectivity index (χ0n) is 11.8. The van der Waals surface area contributed by atoms with E-state index >= 15 is 0 Å². The Morgan fingerprint density at radius 1 is 1.30 bits per heavy atom. The van der Waals surface area contributed by atoms with E-state index in [1.165, 1.54) is 38.2 Å². The summed E-state index contributed by atoms with van der Waals surface area (Å²) in [6.45, 7) is 3.99. The van der Waals surface area contributed by atoms with Crippen LogP contribution in [-0.2, 0) is 6.54 Å². The van der Waals surface area contributed by atoms with Gasteiger partial charge in [0.15, 0.2) is 0 Å². The number of nitrogens with one attached hydrogen (secondary N) is 1. The zero-order valence-corrected chi connectivity index (χ0v) is 13.4. The Kier molecular flexibility index (Phi) is 5.16. The molecule has 1 aliphatic rings. The molecule has 0 aliphatic heterocycles. The Balaban J connectivity index is 1.92. The number of rotatable bonds is 5. The van der Waals surface area contributed by atoms with Gasteiger partial charge in [-0.05, 0) is 29.9 Å². The van der Waals surface area contributed by atoms with Crippen LogP contribution in [0.5, 0.6) is 0 Å². The topological polar surface area (TPSA) is 55.2 Å². The third kappa shape index (κ3) is 4.28. The molecule has 4 nitrogen and oxygen atoms in total. The molecule has 1 aromatic rings. The Bertz CT molecular complexity index is 485. The molecule has 0 atom stereocenters. The van der Waals surface area contributed by atoms with E-state index in [-0.39, 0.29) is 10.6 Å². The van der Waals surface area contributed by atoms with Crippen LogP contribution in [0, 0.1) is 15.5 Å². The molecule has 0 heterocycles. The highest BCUT2D eigenvalue weighted by Crippen LogP contribution is 2.35. The zero-order chi connectivity index (χ0) is 14.6. The molecule has 5 heteroatoms. The third-order valence-electron chi connectivity index (χ3n) is 4.09. The van der Waals surface area contributed by atoms with E-state index in [9.17, 15) is 10.1 Å². The first-order valence-corrected chi connectivity index (χ1v) is 7.92. The second kappa shape index (κ2) is 6.68. The molecule has 1 N–H and O–H groups in total. The van der Waals surface area contributed by atoms with Crippen molar-refractivity contribution in [3.8, 4) is 0 Å². The van der Waals surface area contributed by atoms with Crippen LogP contribution in [0.25, 0.3) is 0 Å². The molecule has 0 spiro atoms. The van der Waals surface area contributed by atoms with Gasteiger partial charge in [0.05, 0.1) is 4.92 Å². The summed E-state index contributed by atoms with van der Waals surface area (Å²) in [7, 11) is 0. The Morgan fingerprint density at radius 3 is 2.65 bits per heavy atom. The summed E-state index contributed by atoms with van der Waals surface area (Å²) >= 11 is 3.33. The standard InChI is InChI=1S/C15H21BrN2O2/c1-15(5-3-2-4-6-15)11-17-10-12-7-13(16)9-14(8-12)18(19)20/h7-9,17H,2-6,10-11H2,1H3. The van der Waals surface area contributed by atoms with Gasteiger partial charge >= 0.3 is 0 Å². The molecule has 0 bridgehead atoms. The number of hydrogen-bond donors (Lipinski definition) is 1. The summed E-state index contributed by atoms with van der Waals surface area (Å²) in [6.07, 6.45) is 6.55. The highest BCUT2D eigenvalue weighted by Gasteiger charge is 2.26. The molecule has 1 saturated carbocycles. The molecule has 1 aliphatic carbocycles. The predicted octanol–water partition coefficient (Wildman–Crippen LogP) is 4.42. The minimum absolute atomic E-state index is 0.139. The summed E-state index contributed by atoms with van der Waals surface area (Å²) in [4.78, 5) is 10.5. The van der Waals surface area contributed by atoms with E-state index in [0.717, 1.165) is 16.6 Å². The first kappa shape index (κ1) is 15.4. The van der Waals surface area contributed by atoms with E-state index < -0.39 is 0 Å². The number of nitrogens with zero attached hydrogens (tertiary/aromatic N) is 1. The second-order valence-corrected chi connectivity index (χ2v) is 6.97. The Labute approximate surface area is 128 Å². The number of hydrogen-bond acceptors (Lipinski definition) is 3. The summed E-state index contributed by atoms with van der Waals surface area (Å²) in [5, 5.41) is 14.3. The lowest BCUT2D eigenvalue weighted by Crippen LogP contribution is -2.33. The fourth-order valence-electron chi connectivity index (χ4n) is 2.93. The summed E-state index contributed by atoms with van der Waals surface area (Å²) in [5.41, 5.74) is 1.47. The van der Waals surface area contributed by atoms with Gasteiger partial charge in [-0.2, -0.15) is 0 Å². The van der Waals surface area contributed by atoms with E-state index in [4.69, 9.17) is 0 Å². The molecule has 0 amide bonds. The fourth-order valence-corrected chi connectivity index (χ4v) is 3.46. The van der Waals surface area contributed by atoms with Crippen molar-refractivity contribution in [1.82, 2.24) is 5.32 Å². The average Bonchev–Trinajstić information content (AvgIpc) is 2.38. The summed E-state index contributed by atoms with van der Waals surface area (Å²) in [6, 6.07) is 5.11. The van der Waals surface area contributed by atoms with Crippen molar-refractivity contribution in [2.24, 2.45) is 5.41 Å². The average molecular weight is 341 g/mol. The van der Waals surface area contributed by atoms with Crippen molar-refractivity contribution < 1.29 is 4.92 Å². The molecular weight excluding hydrogens is 320 g/mol. The van der Waals surface area contributed by atoms with Gasteiger partial charge in [0.25, 0.3) is 5.69 Å². The molecular formula is C15H21BrN2O2. The van der Waals surface area contributed by atoms with Crippen LogP contribution in [0.2, 0.25) is 0 Å². The molecule has 0 radical (unpaired) electrons. The van der Waals surface area contributed by atoms with E-state index in [0.29, 0.717) is 12.0 Å². The van der Waals surface area contributed by atoms with Crippen LogP contribution in [-0.4, -0.2) is 11.5 Å². The normalized spacial score (nSPS) is 17.9. The molecule has 1 aromatic carbocycles. The number of nitro groups is 1. The van der Waals surface area contributed by atoms with Gasteiger partial charge in [-0.3, -0.25) is 10.1 Å². The van der Waals surface area contributed by atoms with Crippen molar-refractivity contribution in [3.05, 3.63) is 38.3 Å². The monoisotopic (exact) mass is 340 g/mol. The van der Waals surface area contributed by atoms with Gasteiger partial charge < -0.3 is 5.32 Å². The van der Waals surface area contributed by atoms with Gasteiger partial charge in [0, 0.05) is 29.7 Å². The lowest BCUT2D eigenvalue weighted by molar-refractivity contribution is -0.385. The van der Waals surface area contributed by atoms with Gasteiger partial charge in [-0.15, -0.1) is 0 Å². The van der Waals surface area contributed by atoms with Crippen LogP contribution in [0.4, 0.5) is 5.69 Å². The van der Waals surface area contributed by atoms with E-state index in [2.05, 4.69) is 28.2 Å². The number of non-ortho nitro benzene ring substituents is 1. The number of benzene rings is 1. The van der Waals surface area contributed by atoms with Crippen LogP contribution >= 0.6 is 15.9 Å². The summed E-state index contributed by atoms with van der Waals surface area (Å²) < 4.78 is 0.757. The Hall–Kier alpha value is -0.940. The highest BCUT2D eigenvalue weighted by atomic mass is 79.9. The first-order chi connectivity index (χ1) is 9.48. The first-order valence-electron chi connectivity index (χ1n) is 7.13. The van der Waals surface area contributed by atoms with Gasteiger partial charge in [0.2, 0.25) is 0 Å². The van der Waals surface area contributed by atoms with Crippen LogP contribution < -0.4 is 5.32 Å².